The van der Waals surface area contributed by atoms with E-state index in [0.29, 0.717) is 5.56 Å². The third-order valence-corrected chi connectivity index (χ3v) is 4.47. The van der Waals surface area contributed by atoms with Crippen molar-refractivity contribution < 1.29 is 4.79 Å². The normalized spacial score (nSPS) is 12.0. The molecule has 25 heavy (non-hydrogen) atoms. The van der Waals surface area contributed by atoms with E-state index in [1.54, 1.807) is 4.68 Å². The molecule has 4 nitrogen and oxygen atoms in total. The molecule has 0 fully saturated rings. The first-order valence-electron chi connectivity index (χ1n) is 8.43. The molecular weight excluding hydrogens is 310 g/mol. The highest BCUT2D eigenvalue weighted by Gasteiger charge is 2.18. The highest BCUT2D eigenvalue weighted by molar-refractivity contribution is 6.01. The van der Waals surface area contributed by atoms with Crippen LogP contribution in [0.25, 0.3) is 11.1 Å². The third-order valence-electron chi connectivity index (χ3n) is 4.47. The van der Waals surface area contributed by atoms with Gasteiger partial charge in [0.2, 0.25) is 0 Å². The first-order chi connectivity index (χ1) is 12.0. The Balaban J connectivity index is 1.91. The van der Waals surface area contributed by atoms with Gasteiger partial charge >= 0.3 is 0 Å². The Labute approximate surface area is 148 Å². The standard InChI is InChI=1S/C21H23N3O/c1-14-9-5-6-10-17(14)18-11-7-8-12-19(18)21(25)22-15(2)20-13-24(4)23-16(20)3/h5-13,15H,1-4H3,(H,22,25). The lowest BCUT2D eigenvalue weighted by Gasteiger charge is -2.16. The van der Waals surface area contributed by atoms with Gasteiger partial charge in [-0.1, -0.05) is 42.5 Å². The quantitative estimate of drug-likeness (QED) is 0.778. The summed E-state index contributed by atoms with van der Waals surface area (Å²) in [5.74, 6) is -0.0744. The molecule has 2 aromatic carbocycles. The lowest BCUT2D eigenvalue weighted by Crippen LogP contribution is -2.27. The fourth-order valence-electron chi connectivity index (χ4n) is 3.19. The maximum absolute atomic E-state index is 12.9. The highest BCUT2D eigenvalue weighted by atomic mass is 16.1. The summed E-state index contributed by atoms with van der Waals surface area (Å²) in [4.78, 5) is 12.9. The summed E-state index contributed by atoms with van der Waals surface area (Å²) in [6.45, 7) is 6.00. The Bertz CT molecular complexity index is 911. The Morgan fingerprint density at radius 3 is 2.32 bits per heavy atom. The van der Waals surface area contributed by atoms with E-state index in [2.05, 4.69) is 29.5 Å². The molecule has 1 aromatic heterocycles. The van der Waals surface area contributed by atoms with Crippen molar-refractivity contribution in [1.82, 2.24) is 15.1 Å². The van der Waals surface area contributed by atoms with Gasteiger partial charge in [-0.25, -0.2) is 0 Å². The number of aryl methyl sites for hydroxylation is 3. The second kappa shape index (κ2) is 6.93. The van der Waals surface area contributed by atoms with E-state index in [-0.39, 0.29) is 11.9 Å². The number of amides is 1. The van der Waals surface area contributed by atoms with Gasteiger partial charge in [-0.15, -0.1) is 0 Å². The molecule has 1 atom stereocenters. The molecule has 1 amide bonds. The zero-order valence-corrected chi connectivity index (χ0v) is 15.1. The van der Waals surface area contributed by atoms with Gasteiger partial charge in [0.1, 0.15) is 0 Å². The Hall–Kier alpha value is -2.88. The summed E-state index contributed by atoms with van der Waals surface area (Å²) in [6, 6.07) is 15.8. The number of hydrogen-bond acceptors (Lipinski definition) is 2. The van der Waals surface area contributed by atoms with E-state index < -0.39 is 0 Å². The SMILES string of the molecule is Cc1ccccc1-c1ccccc1C(=O)NC(C)c1cn(C)nc1C. The van der Waals surface area contributed by atoms with Crippen molar-refractivity contribution in [2.24, 2.45) is 7.05 Å². The van der Waals surface area contributed by atoms with E-state index in [9.17, 15) is 4.79 Å². The second-order valence-corrected chi connectivity index (χ2v) is 6.40. The monoisotopic (exact) mass is 333 g/mol. The maximum atomic E-state index is 12.9. The fourth-order valence-corrected chi connectivity index (χ4v) is 3.19. The predicted molar refractivity (Wildman–Crippen MR) is 100 cm³/mol. The molecule has 1 N–H and O–H groups in total. The van der Waals surface area contributed by atoms with Crippen molar-refractivity contribution in [2.45, 2.75) is 26.8 Å². The number of rotatable bonds is 4. The van der Waals surface area contributed by atoms with Crippen LogP contribution in [0.4, 0.5) is 0 Å². The van der Waals surface area contributed by atoms with E-state index in [4.69, 9.17) is 0 Å². The molecule has 3 aromatic rings. The largest absolute Gasteiger partial charge is 0.345 e. The first kappa shape index (κ1) is 17.0. The van der Waals surface area contributed by atoms with Crippen LogP contribution in [-0.2, 0) is 7.05 Å². The molecule has 0 spiro atoms. The van der Waals surface area contributed by atoms with Crippen LogP contribution in [0.2, 0.25) is 0 Å². The Morgan fingerprint density at radius 2 is 1.68 bits per heavy atom. The van der Waals surface area contributed by atoms with Crippen LogP contribution in [0.5, 0.6) is 0 Å². The minimum atomic E-state index is -0.105. The molecule has 0 saturated carbocycles. The molecule has 4 heteroatoms. The average molecular weight is 333 g/mol. The maximum Gasteiger partial charge on any atom is 0.252 e. The van der Waals surface area contributed by atoms with Crippen molar-refractivity contribution in [3.8, 4) is 11.1 Å². The van der Waals surface area contributed by atoms with Crippen LogP contribution in [0, 0.1) is 13.8 Å². The lowest BCUT2D eigenvalue weighted by molar-refractivity contribution is 0.0940. The van der Waals surface area contributed by atoms with Gasteiger partial charge in [0.15, 0.2) is 0 Å². The molecule has 0 aliphatic heterocycles. The van der Waals surface area contributed by atoms with Gasteiger partial charge in [0.25, 0.3) is 5.91 Å². The molecule has 128 valence electrons. The van der Waals surface area contributed by atoms with E-state index in [1.807, 2.05) is 63.5 Å². The summed E-state index contributed by atoms with van der Waals surface area (Å²) < 4.78 is 1.77. The highest BCUT2D eigenvalue weighted by Crippen LogP contribution is 2.27. The van der Waals surface area contributed by atoms with Crippen molar-refractivity contribution in [2.75, 3.05) is 0 Å². The van der Waals surface area contributed by atoms with Gasteiger partial charge in [-0.2, -0.15) is 5.10 Å². The number of carbonyl (C=O) groups excluding carboxylic acids is 1. The molecule has 0 aliphatic carbocycles. The molecule has 0 aliphatic rings. The van der Waals surface area contributed by atoms with E-state index in [1.165, 1.54) is 0 Å². The topological polar surface area (TPSA) is 46.9 Å². The predicted octanol–water partition coefficient (Wildman–Crippen LogP) is 4.19. The summed E-state index contributed by atoms with van der Waals surface area (Å²) in [5.41, 5.74) is 5.84. The zero-order valence-electron chi connectivity index (χ0n) is 15.1. The number of aromatic nitrogens is 2. The van der Waals surface area contributed by atoms with Crippen molar-refractivity contribution >= 4 is 5.91 Å². The average Bonchev–Trinajstić information content (AvgIpc) is 2.94. The van der Waals surface area contributed by atoms with Crippen LogP contribution < -0.4 is 5.32 Å². The number of hydrogen-bond donors (Lipinski definition) is 1. The Kier molecular flexibility index (Phi) is 4.70. The fraction of sp³-hybridized carbons (Fsp3) is 0.238. The molecule has 0 radical (unpaired) electrons. The van der Waals surface area contributed by atoms with Gasteiger partial charge in [-0.3, -0.25) is 9.48 Å². The minimum absolute atomic E-state index is 0.0744. The molecule has 0 bridgehead atoms. The number of nitrogens with one attached hydrogen (secondary N) is 1. The lowest BCUT2D eigenvalue weighted by atomic mass is 9.95. The van der Waals surface area contributed by atoms with Crippen LogP contribution >= 0.6 is 0 Å². The van der Waals surface area contributed by atoms with Crippen molar-refractivity contribution in [3.63, 3.8) is 0 Å². The number of nitrogens with zero attached hydrogens (tertiary/aromatic N) is 2. The smallest absolute Gasteiger partial charge is 0.252 e. The van der Waals surface area contributed by atoms with Crippen LogP contribution in [0.15, 0.2) is 54.7 Å². The van der Waals surface area contributed by atoms with Crippen molar-refractivity contribution in [3.05, 3.63) is 77.1 Å². The van der Waals surface area contributed by atoms with Gasteiger partial charge < -0.3 is 5.32 Å². The molecular formula is C21H23N3O. The van der Waals surface area contributed by atoms with Crippen LogP contribution in [-0.4, -0.2) is 15.7 Å². The molecule has 1 unspecified atom stereocenters. The van der Waals surface area contributed by atoms with Gasteiger partial charge in [0, 0.05) is 24.4 Å². The van der Waals surface area contributed by atoms with Gasteiger partial charge in [-0.05, 0) is 43.5 Å². The van der Waals surface area contributed by atoms with E-state index >= 15 is 0 Å². The van der Waals surface area contributed by atoms with Crippen LogP contribution in [0.1, 0.15) is 40.1 Å². The number of benzene rings is 2. The van der Waals surface area contributed by atoms with Crippen LogP contribution in [0.3, 0.4) is 0 Å². The van der Waals surface area contributed by atoms with E-state index in [0.717, 1.165) is 27.9 Å². The summed E-state index contributed by atoms with van der Waals surface area (Å²) >= 11 is 0. The minimum Gasteiger partial charge on any atom is -0.345 e. The summed E-state index contributed by atoms with van der Waals surface area (Å²) in [5, 5.41) is 7.46. The zero-order chi connectivity index (χ0) is 18.0. The van der Waals surface area contributed by atoms with Gasteiger partial charge in [0.05, 0.1) is 11.7 Å². The molecule has 0 saturated heterocycles. The number of carbonyl (C=O) groups is 1. The first-order valence-corrected chi connectivity index (χ1v) is 8.43. The summed E-state index contributed by atoms with van der Waals surface area (Å²) in [6.07, 6.45) is 1.95. The summed E-state index contributed by atoms with van der Waals surface area (Å²) in [7, 11) is 1.89. The third kappa shape index (κ3) is 3.48. The molecule has 1 heterocycles. The van der Waals surface area contributed by atoms with Crippen molar-refractivity contribution in [1.29, 1.82) is 0 Å². The molecule has 3 rings (SSSR count). The Morgan fingerprint density at radius 1 is 1.04 bits per heavy atom. The second-order valence-electron chi connectivity index (χ2n) is 6.40.